The third-order valence-electron chi connectivity index (χ3n) is 8.28. The molecule has 3 N–H and O–H groups in total. The molecule has 0 bridgehead atoms. The Hall–Kier alpha value is -2.06. The molecule has 1 heterocycles. The van der Waals surface area contributed by atoms with Crippen LogP contribution in [0.25, 0.3) is 0 Å². The molecule has 1 aliphatic heterocycles. The van der Waals surface area contributed by atoms with Crippen LogP contribution in [0.1, 0.15) is 59.7 Å². The topological polar surface area (TPSA) is 123 Å². The van der Waals surface area contributed by atoms with Gasteiger partial charge in [-0.1, -0.05) is 112 Å². The molecular formula is C42H64Cl3N4NaO6. The number of ether oxygens (including phenoxy) is 1. The van der Waals surface area contributed by atoms with Crippen LogP contribution in [0.3, 0.4) is 0 Å². The van der Waals surface area contributed by atoms with Crippen LogP contribution < -0.4 is 34.9 Å². The first kappa shape index (κ1) is 56.0. The third-order valence-corrected chi connectivity index (χ3v) is 9.02. The number of carbonyl (C=O) groups is 3. The Morgan fingerprint density at radius 2 is 1.30 bits per heavy atom. The summed E-state index contributed by atoms with van der Waals surface area (Å²) in [5.74, 6) is -0.233. The SMILES string of the molecule is CCN(CC)CC.C[C@@H](CO)N(Cc1ccccc1)C(=O)CCl.C[C@@H](CO)NCc1ccccc1.C[C@H]1COCC(=O)N1Cc1ccccc1.O=C(Cl)CCl.[H-].[Na+]. The van der Waals surface area contributed by atoms with E-state index in [-0.39, 0.29) is 92.5 Å². The van der Waals surface area contributed by atoms with E-state index in [9.17, 15) is 14.4 Å². The number of aliphatic hydroxyl groups excluding tert-OH is 2. The van der Waals surface area contributed by atoms with Gasteiger partial charge in [0.25, 0.3) is 0 Å². The van der Waals surface area contributed by atoms with Gasteiger partial charge >= 0.3 is 29.6 Å². The molecule has 0 aromatic heterocycles. The zero-order chi connectivity index (χ0) is 41.4. The van der Waals surface area contributed by atoms with Crippen LogP contribution in [0.2, 0.25) is 0 Å². The normalized spacial score (nSPS) is 14.0. The van der Waals surface area contributed by atoms with E-state index in [0.717, 1.165) is 12.1 Å². The third kappa shape index (κ3) is 26.8. The molecule has 0 spiro atoms. The molecule has 0 unspecified atom stereocenters. The first-order chi connectivity index (χ1) is 26.4. The van der Waals surface area contributed by atoms with Crippen LogP contribution in [0.4, 0.5) is 0 Å². The average Bonchev–Trinajstić information content (AvgIpc) is 3.22. The summed E-state index contributed by atoms with van der Waals surface area (Å²) >= 11 is 15.1. The Bertz CT molecular complexity index is 1400. The molecule has 10 nitrogen and oxygen atoms in total. The number of alkyl halides is 2. The van der Waals surface area contributed by atoms with Gasteiger partial charge < -0.3 is 36.4 Å². The van der Waals surface area contributed by atoms with Crippen molar-refractivity contribution in [3.63, 3.8) is 0 Å². The predicted molar refractivity (Wildman–Crippen MR) is 228 cm³/mol. The summed E-state index contributed by atoms with van der Waals surface area (Å²) in [6.45, 7) is 18.9. The Labute approximate surface area is 374 Å². The van der Waals surface area contributed by atoms with Crippen molar-refractivity contribution in [1.29, 1.82) is 0 Å². The fourth-order valence-electron chi connectivity index (χ4n) is 4.83. The summed E-state index contributed by atoms with van der Waals surface area (Å²) in [5, 5.41) is 20.5. The maximum absolute atomic E-state index is 11.6. The zero-order valence-corrected chi connectivity index (χ0v) is 38.6. The standard InChI is InChI=1S/C12H16ClNO2.C12H15NO2.C10H15NO.C6H15N.C2H2Cl2O.Na.H/c1-10(9-15)14(12(16)7-13)8-11-5-3-2-4-6-11;1-10-8-15-9-12(14)13(10)7-11-5-3-2-4-6-11;1-9(8-12)11-7-10-5-3-2-4-6-10;1-4-7(5-2)6-3;3-1-2(4)5;;/h2-6,10,15H,7-9H2,1H3;2-6,10H,7-9H2,1H3;2-6,9,11-12H,7-8H2,1H3;4-6H2,1-3H3;1H2;;/q;;;;;+1;-1/t2*10-;9-;;;;/m000..../s1. The largest absolute Gasteiger partial charge is 1.00 e. The van der Waals surface area contributed by atoms with Gasteiger partial charge in [0.15, 0.2) is 0 Å². The second-order valence-electron chi connectivity index (χ2n) is 12.6. The van der Waals surface area contributed by atoms with Crippen molar-refractivity contribution in [3.8, 4) is 0 Å². The van der Waals surface area contributed by atoms with Gasteiger partial charge in [0.2, 0.25) is 17.1 Å². The van der Waals surface area contributed by atoms with Crippen molar-refractivity contribution >= 4 is 51.9 Å². The summed E-state index contributed by atoms with van der Waals surface area (Å²) in [6, 6.07) is 30.0. The van der Waals surface area contributed by atoms with Gasteiger partial charge in [-0.2, -0.15) is 0 Å². The number of aliphatic hydroxyl groups is 2. The predicted octanol–water partition coefficient (Wildman–Crippen LogP) is 3.68. The van der Waals surface area contributed by atoms with E-state index in [0.29, 0.717) is 19.7 Å². The molecule has 3 aromatic carbocycles. The van der Waals surface area contributed by atoms with Crippen molar-refractivity contribution in [3.05, 3.63) is 108 Å². The fraction of sp³-hybridized carbons (Fsp3) is 0.500. The van der Waals surface area contributed by atoms with Crippen molar-refractivity contribution in [1.82, 2.24) is 20.0 Å². The number of benzene rings is 3. The van der Waals surface area contributed by atoms with E-state index in [1.807, 2.05) is 97.6 Å². The van der Waals surface area contributed by atoms with Crippen LogP contribution in [-0.4, -0.2) is 118 Å². The van der Waals surface area contributed by atoms with Gasteiger partial charge in [-0.25, -0.2) is 0 Å². The van der Waals surface area contributed by atoms with Crippen molar-refractivity contribution < 1.29 is 60.3 Å². The summed E-state index contributed by atoms with van der Waals surface area (Å²) < 4.78 is 5.17. The van der Waals surface area contributed by atoms with Crippen molar-refractivity contribution in [2.45, 2.75) is 79.3 Å². The molecule has 0 aliphatic carbocycles. The molecule has 1 saturated heterocycles. The summed E-state index contributed by atoms with van der Waals surface area (Å²) in [5.41, 5.74) is 3.44. The van der Waals surface area contributed by atoms with Gasteiger partial charge in [0, 0.05) is 25.7 Å². The maximum Gasteiger partial charge on any atom is 1.00 e. The van der Waals surface area contributed by atoms with Crippen LogP contribution in [0.5, 0.6) is 0 Å². The number of hydrogen-bond donors (Lipinski definition) is 3. The van der Waals surface area contributed by atoms with Gasteiger partial charge in [0.1, 0.15) is 12.5 Å². The van der Waals surface area contributed by atoms with Crippen LogP contribution >= 0.6 is 34.8 Å². The second kappa shape index (κ2) is 36.1. The fourth-order valence-corrected chi connectivity index (χ4v) is 4.98. The Morgan fingerprint density at radius 1 is 0.839 bits per heavy atom. The maximum atomic E-state index is 11.6. The molecule has 4 rings (SSSR count). The van der Waals surface area contributed by atoms with Crippen molar-refractivity contribution in [2.75, 3.05) is 57.8 Å². The van der Waals surface area contributed by atoms with E-state index in [1.165, 1.54) is 30.8 Å². The molecule has 1 fully saturated rings. The minimum atomic E-state index is -0.508. The quantitative estimate of drug-likeness (QED) is 0.121. The minimum absolute atomic E-state index is 0. The summed E-state index contributed by atoms with van der Waals surface area (Å²) in [4.78, 5) is 38.5. The van der Waals surface area contributed by atoms with E-state index < -0.39 is 5.24 Å². The van der Waals surface area contributed by atoms with Gasteiger partial charge in [-0.05, 0) is 68.7 Å². The first-order valence-electron chi connectivity index (χ1n) is 18.7. The summed E-state index contributed by atoms with van der Waals surface area (Å²) in [7, 11) is 0. The number of amides is 2. The number of halogens is 3. The van der Waals surface area contributed by atoms with Gasteiger partial charge in [-0.3, -0.25) is 14.4 Å². The second-order valence-corrected chi connectivity index (χ2v) is 13.6. The number of hydrogen-bond acceptors (Lipinski definition) is 8. The molecule has 56 heavy (non-hydrogen) atoms. The number of morpholine rings is 1. The van der Waals surface area contributed by atoms with Crippen LogP contribution in [0, 0.1) is 0 Å². The monoisotopic (exact) mass is 848 g/mol. The summed E-state index contributed by atoms with van der Waals surface area (Å²) in [6.07, 6.45) is 0. The molecule has 2 amide bonds. The minimum Gasteiger partial charge on any atom is -1.00 e. The van der Waals surface area contributed by atoms with Gasteiger partial charge in [0.05, 0.1) is 37.8 Å². The number of nitrogens with zero attached hydrogens (tertiary/aromatic N) is 3. The van der Waals surface area contributed by atoms with E-state index >= 15 is 0 Å². The Kier molecular flexibility index (Phi) is 36.1. The van der Waals surface area contributed by atoms with Crippen LogP contribution in [0.15, 0.2) is 91.0 Å². The molecule has 3 aromatic rings. The van der Waals surface area contributed by atoms with E-state index in [1.54, 1.807) is 11.8 Å². The van der Waals surface area contributed by atoms with E-state index in [2.05, 4.69) is 43.1 Å². The number of rotatable bonds is 15. The number of nitrogens with one attached hydrogen (secondary N) is 1. The molecular weight excluding hydrogens is 786 g/mol. The molecule has 0 radical (unpaired) electrons. The molecule has 0 saturated carbocycles. The molecule has 3 atom stereocenters. The molecule has 14 heteroatoms. The first-order valence-corrected chi connectivity index (χ1v) is 20.1. The van der Waals surface area contributed by atoms with Crippen LogP contribution in [-0.2, 0) is 38.8 Å². The van der Waals surface area contributed by atoms with Gasteiger partial charge in [-0.15, -0.1) is 23.2 Å². The smallest absolute Gasteiger partial charge is 1.00 e. The van der Waals surface area contributed by atoms with E-state index in [4.69, 9.17) is 49.8 Å². The molecule has 1 aliphatic rings. The number of carbonyl (C=O) groups excluding carboxylic acids is 3. The average molecular weight is 850 g/mol. The molecule has 310 valence electrons. The Morgan fingerprint density at radius 3 is 1.68 bits per heavy atom. The van der Waals surface area contributed by atoms with Crippen molar-refractivity contribution in [2.24, 2.45) is 0 Å². The Balaban J connectivity index is -0.000000667. The zero-order valence-electron chi connectivity index (χ0n) is 35.4.